The highest BCUT2D eigenvalue weighted by Crippen LogP contribution is 2.33. The van der Waals surface area contributed by atoms with E-state index in [0.717, 1.165) is 23.8 Å². The fraction of sp³-hybridized carbons (Fsp3) is 0.194. The zero-order valence-corrected chi connectivity index (χ0v) is 22.1. The van der Waals surface area contributed by atoms with Gasteiger partial charge in [-0.05, 0) is 60.4 Å². The summed E-state index contributed by atoms with van der Waals surface area (Å²) in [6, 6.07) is 28.2. The standard InChI is InChI=1S/C31H28N2O5S/c34-31(26-9-5-4-8-23(26)11-10-22-6-2-1-3-7-22)32-24-12-14-27-28-21-25(13-15-29(28)38-30(27)20-24)39(35,36)33-16-18-37-19-17-33/h1-9,12-15,20-21H,10-11,16-19H2,(H,32,34). The Morgan fingerprint density at radius 2 is 1.56 bits per heavy atom. The number of rotatable bonds is 7. The van der Waals surface area contributed by atoms with Crippen LogP contribution in [0.25, 0.3) is 21.9 Å². The predicted molar refractivity (Wildman–Crippen MR) is 152 cm³/mol. The summed E-state index contributed by atoms with van der Waals surface area (Å²) >= 11 is 0. The van der Waals surface area contributed by atoms with Crippen LogP contribution in [0, 0.1) is 0 Å². The van der Waals surface area contributed by atoms with Crippen molar-refractivity contribution >= 4 is 43.6 Å². The number of nitrogens with zero attached hydrogens (tertiary/aromatic N) is 1. The van der Waals surface area contributed by atoms with Crippen LogP contribution in [0.5, 0.6) is 0 Å². The van der Waals surface area contributed by atoms with E-state index in [0.29, 0.717) is 54.1 Å². The second kappa shape index (κ2) is 10.6. The van der Waals surface area contributed by atoms with Crippen LogP contribution in [0.2, 0.25) is 0 Å². The van der Waals surface area contributed by atoms with E-state index in [2.05, 4.69) is 17.4 Å². The number of fused-ring (bicyclic) bond motifs is 3. The molecule has 0 bridgehead atoms. The molecule has 1 aliphatic rings. The zero-order valence-electron chi connectivity index (χ0n) is 21.3. The number of furan rings is 1. The largest absolute Gasteiger partial charge is 0.456 e. The molecule has 1 N–H and O–H groups in total. The van der Waals surface area contributed by atoms with Crippen LogP contribution in [0.1, 0.15) is 21.5 Å². The number of aryl methyl sites for hydroxylation is 2. The van der Waals surface area contributed by atoms with Gasteiger partial charge in [0.15, 0.2) is 0 Å². The van der Waals surface area contributed by atoms with Gasteiger partial charge >= 0.3 is 0 Å². The highest BCUT2D eigenvalue weighted by Gasteiger charge is 2.27. The molecule has 8 heteroatoms. The first-order chi connectivity index (χ1) is 19.0. The second-order valence-electron chi connectivity index (χ2n) is 9.58. The lowest BCUT2D eigenvalue weighted by molar-refractivity contribution is 0.0730. The number of benzene rings is 4. The Kier molecular flexibility index (Phi) is 6.91. The fourth-order valence-electron chi connectivity index (χ4n) is 5.01. The summed E-state index contributed by atoms with van der Waals surface area (Å²) in [5.41, 5.74) is 4.60. The number of hydrogen-bond donors (Lipinski definition) is 1. The summed E-state index contributed by atoms with van der Waals surface area (Å²) in [6.07, 6.45) is 1.60. The van der Waals surface area contributed by atoms with Crippen LogP contribution in [0.15, 0.2) is 100 Å². The maximum atomic E-state index is 13.2. The van der Waals surface area contributed by atoms with Crippen molar-refractivity contribution < 1.29 is 22.4 Å². The van der Waals surface area contributed by atoms with Crippen molar-refractivity contribution in [1.82, 2.24) is 4.31 Å². The van der Waals surface area contributed by atoms with Crippen LogP contribution >= 0.6 is 0 Å². The molecule has 5 aromatic rings. The van der Waals surface area contributed by atoms with E-state index < -0.39 is 10.0 Å². The molecule has 0 spiro atoms. The van der Waals surface area contributed by atoms with E-state index in [1.54, 1.807) is 24.3 Å². The molecule has 1 saturated heterocycles. The van der Waals surface area contributed by atoms with Gasteiger partial charge in [-0.1, -0.05) is 48.5 Å². The summed E-state index contributed by atoms with van der Waals surface area (Å²) in [5.74, 6) is -0.187. The number of ether oxygens (including phenoxy) is 1. The average molecular weight is 541 g/mol. The molecule has 0 radical (unpaired) electrons. The molecular weight excluding hydrogens is 512 g/mol. The Morgan fingerprint density at radius 3 is 2.38 bits per heavy atom. The van der Waals surface area contributed by atoms with Gasteiger partial charge in [0.1, 0.15) is 11.2 Å². The van der Waals surface area contributed by atoms with Crippen LogP contribution in [-0.4, -0.2) is 44.9 Å². The molecule has 0 unspecified atom stereocenters. The summed E-state index contributed by atoms with van der Waals surface area (Å²) in [7, 11) is -3.63. The number of nitrogens with one attached hydrogen (secondary N) is 1. The van der Waals surface area contributed by atoms with Crippen molar-refractivity contribution in [3.05, 3.63) is 108 Å². The number of carbonyl (C=O) groups is 1. The molecule has 4 aromatic carbocycles. The van der Waals surface area contributed by atoms with Gasteiger partial charge in [0.25, 0.3) is 5.91 Å². The molecule has 1 fully saturated rings. The third-order valence-corrected chi connectivity index (χ3v) is 8.99. The topological polar surface area (TPSA) is 88.8 Å². The molecular formula is C31H28N2O5S. The van der Waals surface area contributed by atoms with Crippen LogP contribution in [0.4, 0.5) is 5.69 Å². The van der Waals surface area contributed by atoms with Crippen molar-refractivity contribution in [2.45, 2.75) is 17.7 Å². The van der Waals surface area contributed by atoms with Crippen LogP contribution in [0.3, 0.4) is 0 Å². The number of morpholine rings is 1. The molecule has 2 heterocycles. The second-order valence-corrected chi connectivity index (χ2v) is 11.5. The minimum atomic E-state index is -3.63. The van der Waals surface area contributed by atoms with E-state index in [9.17, 15) is 13.2 Å². The zero-order chi connectivity index (χ0) is 26.8. The highest BCUT2D eigenvalue weighted by atomic mass is 32.2. The van der Waals surface area contributed by atoms with Crippen molar-refractivity contribution in [2.75, 3.05) is 31.6 Å². The normalized spacial score (nSPS) is 14.6. The van der Waals surface area contributed by atoms with Crippen molar-refractivity contribution in [3.63, 3.8) is 0 Å². The molecule has 0 saturated carbocycles. The van der Waals surface area contributed by atoms with Crippen molar-refractivity contribution in [2.24, 2.45) is 0 Å². The summed E-state index contributed by atoms with van der Waals surface area (Å²) in [6.45, 7) is 1.46. The van der Waals surface area contributed by atoms with E-state index in [1.165, 1.54) is 9.87 Å². The van der Waals surface area contributed by atoms with Crippen molar-refractivity contribution in [1.29, 1.82) is 0 Å². The minimum absolute atomic E-state index is 0.187. The Hall–Kier alpha value is -3.98. The number of amides is 1. The lowest BCUT2D eigenvalue weighted by atomic mass is 9.99. The molecule has 1 aliphatic heterocycles. The van der Waals surface area contributed by atoms with Crippen LogP contribution < -0.4 is 5.32 Å². The fourth-order valence-corrected chi connectivity index (χ4v) is 6.45. The molecule has 39 heavy (non-hydrogen) atoms. The lowest BCUT2D eigenvalue weighted by Crippen LogP contribution is -2.40. The van der Waals surface area contributed by atoms with Gasteiger partial charge in [0.2, 0.25) is 10.0 Å². The molecule has 0 atom stereocenters. The molecule has 1 aromatic heterocycles. The first-order valence-corrected chi connectivity index (χ1v) is 14.4. The first kappa shape index (κ1) is 25.3. The maximum absolute atomic E-state index is 13.2. The first-order valence-electron chi connectivity index (χ1n) is 13.0. The molecule has 1 amide bonds. The van der Waals surface area contributed by atoms with Crippen LogP contribution in [-0.2, 0) is 27.6 Å². The van der Waals surface area contributed by atoms with Gasteiger partial charge in [0, 0.05) is 41.2 Å². The van der Waals surface area contributed by atoms with Crippen molar-refractivity contribution in [3.8, 4) is 0 Å². The monoisotopic (exact) mass is 540 g/mol. The predicted octanol–water partition coefficient (Wildman–Crippen LogP) is 5.64. The number of hydrogen-bond acceptors (Lipinski definition) is 5. The van der Waals surface area contributed by atoms with Gasteiger partial charge in [-0.2, -0.15) is 4.31 Å². The smallest absolute Gasteiger partial charge is 0.255 e. The highest BCUT2D eigenvalue weighted by molar-refractivity contribution is 7.89. The van der Waals surface area contributed by atoms with Gasteiger partial charge in [0.05, 0.1) is 18.1 Å². The maximum Gasteiger partial charge on any atom is 0.255 e. The summed E-state index contributed by atoms with van der Waals surface area (Å²) < 4.78 is 39.1. The number of carbonyl (C=O) groups excluding carboxylic acids is 1. The summed E-state index contributed by atoms with van der Waals surface area (Å²) in [5, 5.41) is 4.49. The Morgan fingerprint density at radius 1 is 0.795 bits per heavy atom. The average Bonchev–Trinajstić information content (AvgIpc) is 3.34. The third-order valence-electron chi connectivity index (χ3n) is 7.10. The van der Waals surface area contributed by atoms with Gasteiger partial charge in [-0.3, -0.25) is 4.79 Å². The molecule has 7 nitrogen and oxygen atoms in total. The minimum Gasteiger partial charge on any atom is -0.456 e. The molecule has 6 rings (SSSR count). The van der Waals surface area contributed by atoms with Gasteiger partial charge in [-0.15, -0.1) is 0 Å². The van der Waals surface area contributed by atoms with E-state index in [-0.39, 0.29) is 10.8 Å². The quantitative estimate of drug-likeness (QED) is 0.288. The Bertz CT molecular complexity index is 1760. The SMILES string of the molecule is O=C(Nc1ccc2c(c1)oc1ccc(S(=O)(=O)N3CCOCC3)cc12)c1ccccc1CCc1ccccc1. The number of sulfonamides is 1. The molecule has 0 aliphatic carbocycles. The Labute approximate surface area is 227 Å². The van der Waals surface area contributed by atoms with E-state index in [1.807, 2.05) is 54.6 Å². The van der Waals surface area contributed by atoms with E-state index in [4.69, 9.17) is 9.15 Å². The van der Waals surface area contributed by atoms with Gasteiger partial charge < -0.3 is 14.5 Å². The Balaban J connectivity index is 1.24. The third kappa shape index (κ3) is 5.18. The lowest BCUT2D eigenvalue weighted by Gasteiger charge is -2.26. The molecule has 198 valence electrons. The summed E-state index contributed by atoms with van der Waals surface area (Å²) in [4.78, 5) is 13.5. The number of anilines is 1. The van der Waals surface area contributed by atoms with Gasteiger partial charge in [-0.25, -0.2) is 8.42 Å². The van der Waals surface area contributed by atoms with E-state index >= 15 is 0 Å².